The number of rotatable bonds is 3. The van der Waals surface area contributed by atoms with Crippen LogP contribution in [0.3, 0.4) is 0 Å². The highest BCUT2D eigenvalue weighted by atomic mass is 32.1. The van der Waals surface area contributed by atoms with Crippen LogP contribution in [0.2, 0.25) is 0 Å². The molecule has 1 aromatic rings. The van der Waals surface area contributed by atoms with Crippen LogP contribution in [0.4, 0.5) is 9.93 Å². The normalized spacial score (nSPS) is 22.0. The van der Waals surface area contributed by atoms with E-state index in [1.807, 2.05) is 5.38 Å². The zero-order valence-electron chi connectivity index (χ0n) is 12.7. The van der Waals surface area contributed by atoms with E-state index in [4.69, 9.17) is 4.74 Å². The molecule has 7 heteroatoms. The monoisotopic (exact) mass is 323 g/mol. The van der Waals surface area contributed by atoms with Gasteiger partial charge < -0.3 is 9.64 Å². The lowest BCUT2D eigenvalue weighted by atomic mass is 9.83. The molecule has 22 heavy (non-hydrogen) atoms. The standard InChI is InChI=1S/C15H21N3O3S/c1-21-13(19)11-6-3-7-18(8-11)15(20)17-14-16-12(9-22-14)10-4-2-5-10/h9-11H,2-8H2,1H3,(H,16,17,20)/t11-/m0/s1. The molecule has 2 heterocycles. The van der Waals surface area contributed by atoms with Gasteiger partial charge in [0, 0.05) is 24.4 Å². The molecule has 0 bridgehead atoms. The fourth-order valence-corrected chi connectivity index (χ4v) is 3.71. The number of aromatic nitrogens is 1. The first-order valence-electron chi connectivity index (χ1n) is 7.76. The van der Waals surface area contributed by atoms with E-state index < -0.39 is 0 Å². The number of esters is 1. The number of methoxy groups -OCH3 is 1. The Labute approximate surface area is 133 Å². The lowest BCUT2D eigenvalue weighted by molar-refractivity contribution is -0.146. The molecule has 1 atom stereocenters. The number of hydrogen-bond donors (Lipinski definition) is 1. The minimum Gasteiger partial charge on any atom is -0.469 e. The summed E-state index contributed by atoms with van der Waals surface area (Å²) < 4.78 is 4.78. The molecule has 1 saturated heterocycles. The summed E-state index contributed by atoms with van der Waals surface area (Å²) in [6, 6.07) is -0.178. The highest BCUT2D eigenvalue weighted by Gasteiger charge is 2.29. The molecule has 2 fully saturated rings. The molecule has 0 aromatic carbocycles. The Morgan fingerprint density at radius 1 is 1.36 bits per heavy atom. The van der Waals surface area contributed by atoms with Gasteiger partial charge in [0.25, 0.3) is 0 Å². The number of ether oxygens (including phenoxy) is 1. The third-order valence-corrected chi connectivity index (χ3v) is 5.28. The number of nitrogens with one attached hydrogen (secondary N) is 1. The molecule has 0 unspecified atom stereocenters. The van der Waals surface area contributed by atoms with Crippen LogP contribution in [0.5, 0.6) is 0 Å². The highest BCUT2D eigenvalue weighted by molar-refractivity contribution is 7.13. The molecule has 1 aliphatic heterocycles. The minimum atomic E-state index is -0.237. The molecule has 1 N–H and O–H groups in total. The van der Waals surface area contributed by atoms with Gasteiger partial charge in [0.2, 0.25) is 0 Å². The first-order valence-corrected chi connectivity index (χ1v) is 8.64. The van der Waals surface area contributed by atoms with E-state index in [0.717, 1.165) is 18.5 Å². The van der Waals surface area contributed by atoms with E-state index in [-0.39, 0.29) is 17.9 Å². The lowest BCUT2D eigenvalue weighted by Crippen LogP contribution is -2.44. The van der Waals surface area contributed by atoms with E-state index in [9.17, 15) is 9.59 Å². The Balaban J connectivity index is 1.56. The summed E-state index contributed by atoms with van der Waals surface area (Å²) in [6.45, 7) is 1.08. The predicted octanol–water partition coefficient (Wildman–Crippen LogP) is 2.83. The number of thiazole rings is 1. The van der Waals surface area contributed by atoms with E-state index in [1.165, 1.54) is 37.7 Å². The zero-order valence-corrected chi connectivity index (χ0v) is 13.5. The van der Waals surface area contributed by atoms with Crippen molar-refractivity contribution in [2.45, 2.75) is 38.0 Å². The third kappa shape index (κ3) is 3.24. The molecular weight excluding hydrogens is 302 g/mol. The number of amides is 2. The number of hydrogen-bond acceptors (Lipinski definition) is 5. The fourth-order valence-electron chi connectivity index (χ4n) is 2.93. The van der Waals surface area contributed by atoms with Gasteiger partial charge in [-0.05, 0) is 25.7 Å². The van der Waals surface area contributed by atoms with Crippen molar-refractivity contribution >= 4 is 28.5 Å². The summed E-state index contributed by atoms with van der Waals surface area (Å²) in [5, 5.41) is 5.53. The van der Waals surface area contributed by atoms with Crippen LogP contribution in [-0.2, 0) is 9.53 Å². The number of urea groups is 1. The molecule has 2 aliphatic rings. The largest absolute Gasteiger partial charge is 0.469 e. The first-order chi connectivity index (χ1) is 10.7. The summed E-state index contributed by atoms with van der Waals surface area (Å²) in [6.07, 6.45) is 5.26. The van der Waals surface area contributed by atoms with E-state index in [2.05, 4.69) is 10.3 Å². The fraction of sp³-hybridized carbons (Fsp3) is 0.667. The van der Waals surface area contributed by atoms with Gasteiger partial charge in [-0.15, -0.1) is 11.3 Å². The average molecular weight is 323 g/mol. The quantitative estimate of drug-likeness (QED) is 0.868. The Morgan fingerprint density at radius 3 is 2.86 bits per heavy atom. The topological polar surface area (TPSA) is 71.5 Å². The van der Waals surface area contributed by atoms with Gasteiger partial charge in [0.1, 0.15) is 0 Å². The Morgan fingerprint density at radius 2 is 2.18 bits per heavy atom. The van der Waals surface area contributed by atoms with E-state index in [0.29, 0.717) is 24.1 Å². The second-order valence-electron chi connectivity index (χ2n) is 5.94. The molecule has 0 spiro atoms. The number of likely N-dealkylation sites (tertiary alicyclic amines) is 1. The molecule has 3 rings (SSSR count). The maximum absolute atomic E-state index is 12.3. The third-order valence-electron chi connectivity index (χ3n) is 4.50. The van der Waals surface area contributed by atoms with Crippen molar-refractivity contribution in [3.63, 3.8) is 0 Å². The van der Waals surface area contributed by atoms with Gasteiger partial charge in [-0.1, -0.05) is 6.42 Å². The number of nitrogens with zero attached hydrogens (tertiary/aromatic N) is 2. The van der Waals surface area contributed by atoms with Gasteiger partial charge in [-0.2, -0.15) is 0 Å². The SMILES string of the molecule is COC(=O)[C@H]1CCCN(C(=O)Nc2nc(C3CCC3)cs2)C1. The second-order valence-corrected chi connectivity index (χ2v) is 6.80. The summed E-state index contributed by atoms with van der Waals surface area (Å²) in [5.41, 5.74) is 1.10. The van der Waals surface area contributed by atoms with Gasteiger partial charge in [-0.25, -0.2) is 9.78 Å². The zero-order chi connectivity index (χ0) is 15.5. The molecular formula is C15H21N3O3S. The minimum absolute atomic E-state index is 0.178. The molecule has 120 valence electrons. The van der Waals surface area contributed by atoms with Crippen LogP contribution in [0.25, 0.3) is 0 Å². The summed E-state index contributed by atoms with van der Waals surface area (Å²) in [4.78, 5) is 30.1. The van der Waals surface area contributed by atoms with Crippen LogP contribution < -0.4 is 5.32 Å². The molecule has 6 nitrogen and oxygen atoms in total. The van der Waals surface area contributed by atoms with Crippen molar-refractivity contribution in [1.82, 2.24) is 9.88 Å². The van der Waals surface area contributed by atoms with Crippen molar-refractivity contribution in [1.29, 1.82) is 0 Å². The maximum Gasteiger partial charge on any atom is 0.323 e. The summed E-state index contributed by atoms with van der Waals surface area (Å²) in [5.74, 6) is 0.117. The van der Waals surface area contributed by atoms with E-state index >= 15 is 0 Å². The molecule has 2 amide bonds. The molecule has 0 radical (unpaired) electrons. The van der Waals surface area contributed by atoms with Crippen molar-refractivity contribution in [2.75, 3.05) is 25.5 Å². The van der Waals surface area contributed by atoms with Gasteiger partial charge >= 0.3 is 12.0 Å². The van der Waals surface area contributed by atoms with Crippen molar-refractivity contribution < 1.29 is 14.3 Å². The van der Waals surface area contributed by atoms with Crippen molar-refractivity contribution in [2.24, 2.45) is 5.92 Å². The van der Waals surface area contributed by atoms with Crippen LogP contribution in [0.15, 0.2) is 5.38 Å². The van der Waals surface area contributed by atoms with Gasteiger partial charge in [-0.3, -0.25) is 10.1 Å². The Kier molecular flexibility index (Phi) is 4.61. The predicted molar refractivity (Wildman–Crippen MR) is 84.0 cm³/mol. The van der Waals surface area contributed by atoms with Crippen molar-refractivity contribution in [3.05, 3.63) is 11.1 Å². The summed E-state index contributed by atoms with van der Waals surface area (Å²) in [7, 11) is 1.39. The smallest absolute Gasteiger partial charge is 0.323 e. The lowest BCUT2D eigenvalue weighted by Gasteiger charge is -2.31. The van der Waals surface area contributed by atoms with Crippen LogP contribution in [-0.4, -0.2) is 42.1 Å². The van der Waals surface area contributed by atoms with Gasteiger partial charge in [0.15, 0.2) is 5.13 Å². The Hall–Kier alpha value is -1.63. The molecule has 1 aromatic heterocycles. The maximum atomic E-state index is 12.3. The van der Waals surface area contributed by atoms with Crippen molar-refractivity contribution in [3.8, 4) is 0 Å². The Bertz CT molecular complexity index is 556. The van der Waals surface area contributed by atoms with Crippen LogP contribution in [0, 0.1) is 5.92 Å². The number of carbonyl (C=O) groups excluding carboxylic acids is 2. The second kappa shape index (κ2) is 6.64. The summed E-state index contributed by atoms with van der Waals surface area (Å²) >= 11 is 1.47. The number of piperidine rings is 1. The molecule has 1 aliphatic carbocycles. The number of anilines is 1. The average Bonchev–Trinajstić information content (AvgIpc) is 2.92. The highest BCUT2D eigenvalue weighted by Crippen LogP contribution is 2.37. The van der Waals surface area contributed by atoms with Crippen LogP contribution >= 0.6 is 11.3 Å². The molecule has 1 saturated carbocycles. The van der Waals surface area contributed by atoms with Crippen LogP contribution in [0.1, 0.15) is 43.7 Å². The first kappa shape index (κ1) is 15.3. The van der Waals surface area contributed by atoms with E-state index in [1.54, 1.807) is 4.90 Å². The number of carbonyl (C=O) groups is 2. The van der Waals surface area contributed by atoms with Gasteiger partial charge in [0.05, 0.1) is 18.7 Å².